The van der Waals surface area contributed by atoms with E-state index in [1.807, 2.05) is 28.8 Å². The van der Waals surface area contributed by atoms with Gasteiger partial charge in [-0.1, -0.05) is 32.4 Å². The molecular formula is C18H24N2O2. The van der Waals surface area contributed by atoms with Gasteiger partial charge in [0.2, 0.25) is 0 Å². The van der Waals surface area contributed by atoms with Crippen LogP contribution in [0.3, 0.4) is 0 Å². The summed E-state index contributed by atoms with van der Waals surface area (Å²) in [6.45, 7) is 4.55. The summed E-state index contributed by atoms with van der Waals surface area (Å²) in [6, 6.07) is 7.95. The van der Waals surface area contributed by atoms with E-state index in [0.29, 0.717) is 5.92 Å². The van der Waals surface area contributed by atoms with Crippen molar-refractivity contribution < 1.29 is 9.53 Å². The SMILES string of the molecule is CCc1nc2ccccc2n1CC(=O)OC1CCCC(C)C1. The lowest BCUT2D eigenvalue weighted by Gasteiger charge is -2.26. The molecule has 0 saturated heterocycles. The predicted octanol–water partition coefficient (Wildman–Crippen LogP) is 3.72. The topological polar surface area (TPSA) is 44.1 Å². The highest BCUT2D eigenvalue weighted by molar-refractivity contribution is 5.79. The largest absolute Gasteiger partial charge is 0.461 e. The Morgan fingerprint density at radius 1 is 1.36 bits per heavy atom. The van der Waals surface area contributed by atoms with Crippen LogP contribution in [0.25, 0.3) is 11.0 Å². The number of carbonyl (C=O) groups is 1. The second kappa shape index (κ2) is 6.51. The molecule has 1 aromatic carbocycles. The molecule has 0 aliphatic heterocycles. The maximum Gasteiger partial charge on any atom is 0.326 e. The van der Waals surface area contributed by atoms with E-state index in [1.165, 1.54) is 6.42 Å². The minimum absolute atomic E-state index is 0.0936. The van der Waals surface area contributed by atoms with Crippen molar-refractivity contribution >= 4 is 17.0 Å². The van der Waals surface area contributed by atoms with E-state index >= 15 is 0 Å². The number of aryl methyl sites for hydroxylation is 1. The normalized spacial score (nSPS) is 21.9. The van der Waals surface area contributed by atoms with Crippen LogP contribution in [0, 0.1) is 5.92 Å². The fraction of sp³-hybridized carbons (Fsp3) is 0.556. The van der Waals surface area contributed by atoms with Gasteiger partial charge < -0.3 is 9.30 Å². The van der Waals surface area contributed by atoms with Crippen LogP contribution in [0.5, 0.6) is 0 Å². The Morgan fingerprint density at radius 2 is 2.18 bits per heavy atom. The third-order valence-corrected chi connectivity index (χ3v) is 4.52. The third-order valence-electron chi connectivity index (χ3n) is 4.52. The van der Waals surface area contributed by atoms with Crippen LogP contribution < -0.4 is 0 Å². The summed E-state index contributed by atoms with van der Waals surface area (Å²) in [4.78, 5) is 16.9. The molecule has 1 fully saturated rings. The highest BCUT2D eigenvalue weighted by atomic mass is 16.5. The first-order valence-corrected chi connectivity index (χ1v) is 8.31. The number of hydrogen-bond donors (Lipinski definition) is 0. The molecule has 2 aromatic rings. The number of fused-ring (bicyclic) bond motifs is 1. The van der Waals surface area contributed by atoms with Crippen LogP contribution in [-0.2, 0) is 22.5 Å². The zero-order valence-electron chi connectivity index (χ0n) is 13.4. The smallest absolute Gasteiger partial charge is 0.326 e. The molecule has 2 unspecified atom stereocenters. The molecular weight excluding hydrogens is 276 g/mol. The van der Waals surface area contributed by atoms with E-state index in [1.54, 1.807) is 0 Å². The molecule has 1 aliphatic carbocycles. The van der Waals surface area contributed by atoms with Crippen molar-refractivity contribution in [1.29, 1.82) is 0 Å². The lowest BCUT2D eigenvalue weighted by Crippen LogP contribution is -2.26. The maximum absolute atomic E-state index is 12.3. The molecule has 22 heavy (non-hydrogen) atoms. The van der Waals surface area contributed by atoms with E-state index in [0.717, 1.165) is 42.5 Å². The van der Waals surface area contributed by atoms with Crippen molar-refractivity contribution in [3.8, 4) is 0 Å². The lowest BCUT2D eigenvalue weighted by molar-refractivity contribution is -0.151. The van der Waals surface area contributed by atoms with Gasteiger partial charge in [-0.3, -0.25) is 4.79 Å². The van der Waals surface area contributed by atoms with Gasteiger partial charge in [-0.2, -0.15) is 0 Å². The summed E-state index contributed by atoms with van der Waals surface area (Å²) >= 11 is 0. The summed E-state index contributed by atoms with van der Waals surface area (Å²) in [6.07, 6.45) is 5.31. The molecule has 0 N–H and O–H groups in total. The Morgan fingerprint density at radius 3 is 2.95 bits per heavy atom. The Hall–Kier alpha value is -1.84. The Balaban J connectivity index is 1.73. The number of esters is 1. The van der Waals surface area contributed by atoms with Gasteiger partial charge in [-0.05, 0) is 37.3 Å². The van der Waals surface area contributed by atoms with Gasteiger partial charge in [0.25, 0.3) is 0 Å². The first-order valence-electron chi connectivity index (χ1n) is 8.31. The van der Waals surface area contributed by atoms with Crippen molar-refractivity contribution in [2.75, 3.05) is 0 Å². The molecule has 1 saturated carbocycles. The minimum atomic E-state index is -0.142. The van der Waals surface area contributed by atoms with Crippen LogP contribution in [0.1, 0.15) is 45.4 Å². The van der Waals surface area contributed by atoms with E-state index in [-0.39, 0.29) is 18.6 Å². The number of benzene rings is 1. The summed E-state index contributed by atoms with van der Waals surface area (Å²) < 4.78 is 7.69. The molecule has 118 valence electrons. The predicted molar refractivity (Wildman–Crippen MR) is 86.6 cm³/mol. The molecule has 0 amide bonds. The Labute approximate surface area is 131 Å². The van der Waals surface area contributed by atoms with Gasteiger partial charge in [0, 0.05) is 6.42 Å². The van der Waals surface area contributed by atoms with Crippen molar-refractivity contribution in [1.82, 2.24) is 9.55 Å². The van der Waals surface area contributed by atoms with Gasteiger partial charge >= 0.3 is 5.97 Å². The number of para-hydroxylation sites is 2. The molecule has 0 bridgehead atoms. The van der Waals surface area contributed by atoms with Gasteiger partial charge in [0.1, 0.15) is 18.5 Å². The molecule has 2 atom stereocenters. The first kappa shape index (κ1) is 15.1. The van der Waals surface area contributed by atoms with Crippen molar-refractivity contribution in [3.05, 3.63) is 30.1 Å². The zero-order chi connectivity index (χ0) is 15.5. The van der Waals surface area contributed by atoms with Crippen LogP contribution in [0.2, 0.25) is 0 Å². The van der Waals surface area contributed by atoms with Crippen LogP contribution in [0.15, 0.2) is 24.3 Å². The molecule has 1 heterocycles. The van der Waals surface area contributed by atoms with E-state index in [4.69, 9.17) is 4.74 Å². The number of imidazole rings is 1. The standard InChI is InChI=1S/C18H24N2O2/c1-3-17-19-15-9-4-5-10-16(15)20(17)12-18(21)22-14-8-6-7-13(2)11-14/h4-5,9-10,13-14H,3,6-8,11-12H2,1-2H3. The summed E-state index contributed by atoms with van der Waals surface area (Å²) in [5.74, 6) is 1.46. The van der Waals surface area contributed by atoms with Crippen molar-refractivity contribution in [2.45, 2.75) is 58.6 Å². The van der Waals surface area contributed by atoms with Crippen molar-refractivity contribution in [3.63, 3.8) is 0 Å². The molecule has 0 radical (unpaired) electrons. The lowest BCUT2D eigenvalue weighted by atomic mass is 9.89. The van der Waals surface area contributed by atoms with E-state index in [2.05, 4.69) is 18.8 Å². The summed E-state index contributed by atoms with van der Waals surface area (Å²) in [7, 11) is 0. The summed E-state index contributed by atoms with van der Waals surface area (Å²) in [5.41, 5.74) is 1.95. The van der Waals surface area contributed by atoms with Gasteiger partial charge in [0.15, 0.2) is 0 Å². The van der Waals surface area contributed by atoms with Crippen LogP contribution in [0.4, 0.5) is 0 Å². The first-order chi connectivity index (χ1) is 10.7. The quantitative estimate of drug-likeness (QED) is 0.808. The molecule has 4 nitrogen and oxygen atoms in total. The molecule has 1 aromatic heterocycles. The van der Waals surface area contributed by atoms with Gasteiger partial charge in [-0.15, -0.1) is 0 Å². The van der Waals surface area contributed by atoms with Crippen LogP contribution >= 0.6 is 0 Å². The number of carbonyl (C=O) groups excluding carboxylic acids is 1. The molecule has 3 rings (SSSR count). The Bertz CT molecular complexity index is 662. The number of ether oxygens (including phenoxy) is 1. The second-order valence-electron chi connectivity index (χ2n) is 6.34. The zero-order valence-corrected chi connectivity index (χ0v) is 13.4. The summed E-state index contributed by atoms with van der Waals surface area (Å²) in [5, 5.41) is 0. The van der Waals surface area contributed by atoms with Gasteiger partial charge in [-0.25, -0.2) is 4.98 Å². The average molecular weight is 300 g/mol. The van der Waals surface area contributed by atoms with E-state index in [9.17, 15) is 4.79 Å². The van der Waals surface area contributed by atoms with Crippen LogP contribution in [-0.4, -0.2) is 21.6 Å². The fourth-order valence-electron chi connectivity index (χ4n) is 3.41. The highest BCUT2D eigenvalue weighted by Crippen LogP contribution is 2.26. The van der Waals surface area contributed by atoms with Crippen molar-refractivity contribution in [2.24, 2.45) is 5.92 Å². The fourth-order valence-corrected chi connectivity index (χ4v) is 3.41. The average Bonchev–Trinajstić information content (AvgIpc) is 2.85. The van der Waals surface area contributed by atoms with Gasteiger partial charge in [0.05, 0.1) is 11.0 Å². The number of nitrogens with zero attached hydrogens (tertiary/aromatic N) is 2. The maximum atomic E-state index is 12.3. The van der Waals surface area contributed by atoms with E-state index < -0.39 is 0 Å². The molecule has 1 aliphatic rings. The second-order valence-corrected chi connectivity index (χ2v) is 6.34. The minimum Gasteiger partial charge on any atom is -0.461 e. The molecule has 4 heteroatoms. The number of hydrogen-bond acceptors (Lipinski definition) is 3. The number of rotatable bonds is 4. The highest BCUT2D eigenvalue weighted by Gasteiger charge is 2.23. The number of aromatic nitrogens is 2. The third kappa shape index (κ3) is 3.16. The monoisotopic (exact) mass is 300 g/mol. The molecule has 0 spiro atoms. The Kier molecular flexibility index (Phi) is 4.46.